The summed E-state index contributed by atoms with van der Waals surface area (Å²) < 4.78 is 25.0. The molecule has 0 radical (unpaired) electrons. The zero-order valence-corrected chi connectivity index (χ0v) is 11.4. The lowest BCUT2D eigenvalue weighted by Crippen LogP contribution is -2.50. The van der Waals surface area contributed by atoms with Gasteiger partial charge in [0.25, 0.3) is 6.43 Å². The molecule has 2 rings (SSSR count). The predicted octanol–water partition coefficient (Wildman–Crippen LogP) is 3.20. The fraction of sp³-hybridized carbons (Fsp3) is 0.600. The molecule has 1 heterocycles. The third-order valence-electron chi connectivity index (χ3n) is 3.71. The summed E-state index contributed by atoms with van der Waals surface area (Å²) in [6, 6.07) is 7.29. The average molecular weight is 268 g/mol. The van der Waals surface area contributed by atoms with Crippen LogP contribution in [-0.4, -0.2) is 30.6 Å². The minimum absolute atomic E-state index is 0.106. The van der Waals surface area contributed by atoms with Crippen molar-refractivity contribution in [3.63, 3.8) is 0 Å². The number of hydrogen-bond donors (Lipinski definition) is 1. The van der Waals surface area contributed by atoms with Gasteiger partial charge in [0.1, 0.15) is 0 Å². The van der Waals surface area contributed by atoms with Crippen molar-refractivity contribution in [3.8, 4) is 0 Å². The summed E-state index contributed by atoms with van der Waals surface area (Å²) in [5.74, 6) is 0. The SMILES string of the molecule is CCCC1CNCCN1Cc1ccc(C(F)F)cc1. The van der Waals surface area contributed by atoms with Crippen LogP contribution in [0.1, 0.15) is 37.3 Å². The maximum Gasteiger partial charge on any atom is 0.263 e. The summed E-state index contributed by atoms with van der Waals surface area (Å²) >= 11 is 0. The first-order chi connectivity index (χ1) is 9.20. The molecule has 106 valence electrons. The number of piperazine rings is 1. The van der Waals surface area contributed by atoms with E-state index in [2.05, 4.69) is 17.1 Å². The molecule has 2 nitrogen and oxygen atoms in total. The smallest absolute Gasteiger partial charge is 0.263 e. The van der Waals surface area contributed by atoms with Crippen molar-refractivity contribution >= 4 is 0 Å². The Bertz CT molecular complexity index is 376. The second-order valence-corrected chi connectivity index (χ2v) is 5.16. The van der Waals surface area contributed by atoms with Gasteiger partial charge in [0.2, 0.25) is 0 Å². The van der Waals surface area contributed by atoms with Gasteiger partial charge >= 0.3 is 0 Å². The Morgan fingerprint density at radius 1 is 1.32 bits per heavy atom. The van der Waals surface area contributed by atoms with Crippen LogP contribution >= 0.6 is 0 Å². The molecule has 4 heteroatoms. The summed E-state index contributed by atoms with van der Waals surface area (Å²) in [7, 11) is 0. The lowest BCUT2D eigenvalue weighted by Gasteiger charge is -2.36. The number of halogens is 2. The van der Waals surface area contributed by atoms with Crippen molar-refractivity contribution in [2.24, 2.45) is 0 Å². The van der Waals surface area contributed by atoms with E-state index in [1.54, 1.807) is 0 Å². The van der Waals surface area contributed by atoms with Crippen molar-refractivity contribution in [1.82, 2.24) is 10.2 Å². The zero-order chi connectivity index (χ0) is 13.7. The number of rotatable bonds is 5. The highest BCUT2D eigenvalue weighted by molar-refractivity contribution is 5.23. The van der Waals surface area contributed by atoms with Crippen molar-refractivity contribution < 1.29 is 8.78 Å². The summed E-state index contributed by atoms with van der Waals surface area (Å²) in [6.45, 7) is 6.12. The fourth-order valence-corrected chi connectivity index (χ4v) is 2.63. The molecule has 1 N–H and O–H groups in total. The summed E-state index contributed by atoms with van der Waals surface area (Å²) in [4.78, 5) is 2.46. The molecule has 1 aromatic rings. The molecule has 1 fully saturated rings. The van der Waals surface area contributed by atoms with E-state index in [1.165, 1.54) is 25.0 Å². The Morgan fingerprint density at radius 2 is 2.05 bits per heavy atom. The van der Waals surface area contributed by atoms with Crippen molar-refractivity contribution in [1.29, 1.82) is 0 Å². The molecular formula is C15H22F2N2. The van der Waals surface area contributed by atoms with Crippen LogP contribution in [0.3, 0.4) is 0 Å². The van der Waals surface area contributed by atoms with Crippen LogP contribution in [0.25, 0.3) is 0 Å². The van der Waals surface area contributed by atoms with E-state index >= 15 is 0 Å². The highest BCUT2D eigenvalue weighted by Crippen LogP contribution is 2.20. The molecule has 0 saturated carbocycles. The van der Waals surface area contributed by atoms with E-state index in [4.69, 9.17) is 0 Å². The molecule has 1 unspecified atom stereocenters. The van der Waals surface area contributed by atoms with E-state index in [-0.39, 0.29) is 5.56 Å². The third kappa shape index (κ3) is 3.98. The van der Waals surface area contributed by atoms with Crippen LogP contribution in [0, 0.1) is 0 Å². The van der Waals surface area contributed by atoms with Crippen LogP contribution in [0.5, 0.6) is 0 Å². The highest BCUT2D eigenvalue weighted by Gasteiger charge is 2.21. The molecule has 0 bridgehead atoms. The van der Waals surface area contributed by atoms with Gasteiger partial charge in [-0.15, -0.1) is 0 Å². The Hall–Kier alpha value is -1.00. The molecule has 0 aliphatic carbocycles. The van der Waals surface area contributed by atoms with Crippen molar-refractivity contribution in [3.05, 3.63) is 35.4 Å². The lowest BCUT2D eigenvalue weighted by molar-refractivity contribution is 0.143. The monoisotopic (exact) mass is 268 g/mol. The van der Waals surface area contributed by atoms with Gasteiger partial charge in [-0.3, -0.25) is 4.90 Å². The van der Waals surface area contributed by atoms with Gasteiger partial charge in [-0.05, 0) is 12.0 Å². The first-order valence-corrected chi connectivity index (χ1v) is 7.02. The van der Waals surface area contributed by atoms with Crippen molar-refractivity contribution in [2.75, 3.05) is 19.6 Å². The van der Waals surface area contributed by atoms with E-state index < -0.39 is 6.43 Å². The molecule has 1 atom stereocenters. The molecule has 0 aromatic heterocycles. The van der Waals surface area contributed by atoms with Gasteiger partial charge in [0.15, 0.2) is 0 Å². The lowest BCUT2D eigenvalue weighted by atomic mass is 10.1. The van der Waals surface area contributed by atoms with Crippen LogP contribution in [0.15, 0.2) is 24.3 Å². The van der Waals surface area contributed by atoms with Gasteiger partial charge in [-0.25, -0.2) is 8.78 Å². The number of benzene rings is 1. The number of hydrogen-bond acceptors (Lipinski definition) is 2. The summed E-state index contributed by atoms with van der Waals surface area (Å²) in [5.41, 5.74) is 1.22. The summed E-state index contributed by atoms with van der Waals surface area (Å²) in [6.07, 6.45) is -0.0176. The second kappa shape index (κ2) is 6.96. The van der Waals surface area contributed by atoms with Gasteiger partial charge in [-0.1, -0.05) is 37.6 Å². The summed E-state index contributed by atoms with van der Waals surface area (Å²) in [5, 5.41) is 3.42. The molecule has 1 saturated heterocycles. The van der Waals surface area contributed by atoms with Gasteiger partial charge < -0.3 is 5.32 Å². The maximum absolute atomic E-state index is 12.5. The Kier molecular flexibility index (Phi) is 5.28. The minimum Gasteiger partial charge on any atom is -0.314 e. The van der Waals surface area contributed by atoms with E-state index in [1.807, 2.05) is 12.1 Å². The van der Waals surface area contributed by atoms with Crippen LogP contribution in [-0.2, 0) is 6.54 Å². The van der Waals surface area contributed by atoms with E-state index in [0.717, 1.165) is 31.7 Å². The molecule has 19 heavy (non-hydrogen) atoms. The molecule has 0 spiro atoms. The first kappa shape index (κ1) is 14.4. The molecular weight excluding hydrogens is 246 g/mol. The van der Waals surface area contributed by atoms with E-state index in [9.17, 15) is 8.78 Å². The molecule has 1 aromatic carbocycles. The Labute approximate surface area is 113 Å². The van der Waals surface area contributed by atoms with Crippen LogP contribution < -0.4 is 5.32 Å². The van der Waals surface area contributed by atoms with Gasteiger partial charge in [0, 0.05) is 37.8 Å². The first-order valence-electron chi connectivity index (χ1n) is 7.02. The number of alkyl halides is 2. The fourth-order valence-electron chi connectivity index (χ4n) is 2.63. The number of nitrogens with one attached hydrogen (secondary N) is 1. The Morgan fingerprint density at radius 3 is 2.68 bits per heavy atom. The maximum atomic E-state index is 12.5. The molecule has 1 aliphatic rings. The van der Waals surface area contributed by atoms with Crippen molar-refractivity contribution in [2.45, 2.75) is 38.8 Å². The minimum atomic E-state index is -2.37. The average Bonchev–Trinajstić information content (AvgIpc) is 2.42. The number of nitrogens with zero attached hydrogens (tertiary/aromatic N) is 1. The second-order valence-electron chi connectivity index (χ2n) is 5.16. The Balaban J connectivity index is 1.98. The largest absolute Gasteiger partial charge is 0.314 e. The topological polar surface area (TPSA) is 15.3 Å². The molecule has 1 aliphatic heterocycles. The molecule has 0 amide bonds. The van der Waals surface area contributed by atoms with Crippen LogP contribution in [0.2, 0.25) is 0 Å². The normalized spacial score (nSPS) is 20.9. The third-order valence-corrected chi connectivity index (χ3v) is 3.71. The predicted molar refractivity (Wildman–Crippen MR) is 73.4 cm³/mol. The van der Waals surface area contributed by atoms with E-state index in [0.29, 0.717) is 6.04 Å². The highest BCUT2D eigenvalue weighted by atomic mass is 19.3. The van der Waals surface area contributed by atoms with Crippen LogP contribution in [0.4, 0.5) is 8.78 Å². The van der Waals surface area contributed by atoms with Gasteiger partial charge in [0.05, 0.1) is 0 Å². The quantitative estimate of drug-likeness (QED) is 0.882. The zero-order valence-electron chi connectivity index (χ0n) is 11.4. The van der Waals surface area contributed by atoms with Gasteiger partial charge in [-0.2, -0.15) is 0 Å². The standard InChI is InChI=1S/C15H22F2N2/c1-2-3-14-10-18-8-9-19(14)11-12-4-6-13(7-5-12)15(16)17/h4-7,14-15,18H,2-3,8-11H2,1H3.